The molecule has 0 aromatic heterocycles. The molecule has 21 heavy (non-hydrogen) atoms. The van der Waals surface area contributed by atoms with E-state index in [9.17, 15) is 9.59 Å². The van der Waals surface area contributed by atoms with Crippen molar-refractivity contribution in [3.05, 3.63) is 35.4 Å². The molecule has 1 aromatic carbocycles. The van der Waals surface area contributed by atoms with Crippen LogP contribution in [0.1, 0.15) is 65.7 Å². The molecule has 0 saturated carbocycles. The zero-order valence-corrected chi connectivity index (χ0v) is 14.5. The fourth-order valence-electron chi connectivity index (χ4n) is 2.69. The van der Waals surface area contributed by atoms with Gasteiger partial charge in [-0.2, -0.15) is 0 Å². The molecule has 0 aliphatic carbocycles. The number of amides is 2. The summed E-state index contributed by atoms with van der Waals surface area (Å²) < 4.78 is 1.25. The molecule has 1 aliphatic heterocycles. The Bertz CT molecular complexity index is 466. The number of fused-ring (bicyclic) bond motifs is 1. The van der Waals surface area contributed by atoms with Crippen LogP contribution in [0.4, 0.5) is 0 Å². The van der Waals surface area contributed by atoms with Crippen molar-refractivity contribution < 1.29 is 9.59 Å². The average Bonchev–Trinajstić information content (AvgIpc) is 2.75. The summed E-state index contributed by atoms with van der Waals surface area (Å²) in [4.78, 5) is 25.7. The third-order valence-electron chi connectivity index (χ3n) is 3.89. The second kappa shape index (κ2) is 8.51. The van der Waals surface area contributed by atoms with E-state index in [-0.39, 0.29) is 11.8 Å². The van der Waals surface area contributed by atoms with Crippen molar-refractivity contribution >= 4 is 34.4 Å². The van der Waals surface area contributed by atoms with E-state index in [1.54, 1.807) is 12.1 Å². The van der Waals surface area contributed by atoms with E-state index in [0.717, 1.165) is 12.8 Å². The minimum Gasteiger partial charge on any atom is -0.274 e. The van der Waals surface area contributed by atoms with Crippen molar-refractivity contribution in [1.29, 1.82) is 0 Å². The summed E-state index contributed by atoms with van der Waals surface area (Å²) in [6.45, 7) is 0.556. The third-order valence-corrected chi connectivity index (χ3v) is 4.66. The van der Waals surface area contributed by atoms with Crippen LogP contribution in [0.2, 0.25) is 0 Å². The van der Waals surface area contributed by atoms with Crippen LogP contribution in [0.5, 0.6) is 0 Å². The van der Waals surface area contributed by atoms with Crippen molar-refractivity contribution in [1.82, 2.24) is 4.90 Å². The molecule has 0 bridgehead atoms. The summed E-state index contributed by atoms with van der Waals surface area (Å²) in [6, 6.07) is 7.10. The summed E-state index contributed by atoms with van der Waals surface area (Å²) in [7, 11) is 0. The van der Waals surface area contributed by atoms with Crippen LogP contribution < -0.4 is 0 Å². The standard InChI is InChI=1S/C17H22INO2/c18-12-8-4-2-1-3-5-9-13-19-16(20)14-10-6-7-11-15(14)17(19)21/h6-7,10-11H,1-5,8-9,12-13H2. The van der Waals surface area contributed by atoms with E-state index in [1.165, 1.54) is 41.4 Å². The predicted molar refractivity (Wildman–Crippen MR) is 93.0 cm³/mol. The van der Waals surface area contributed by atoms with Crippen LogP contribution in [0.15, 0.2) is 24.3 Å². The van der Waals surface area contributed by atoms with Gasteiger partial charge in [0, 0.05) is 6.54 Å². The Morgan fingerprint density at radius 3 is 1.76 bits per heavy atom. The van der Waals surface area contributed by atoms with Gasteiger partial charge >= 0.3 is 0 Å². The molecule has 1 aliphatic rings. The lowest BCUT2D eigenvalue weighted by molar-refractivity contribution is 0.0651. The van der Waals surface area contributed by atoms with Crippen LogP contribution >= 0.6 is 22.6 Å². The molecule has 1 heterocycles. The van der Waals surface area contributed by atoms with Crippen molar-refractivity contribution in [2.75, 3.05) is 11.0 Å². The summed E-state index contributed by atoms with van der Waals surface area (Å²) in [6.07, 6.45) is 8.41. The van der Waals surface area contributed by atoms with Gasteiger partial charge in [0.2, 0.25) is 0 Å². The highest BCUT2D eigenvalue weighted by Crippen LogP contribution is 2.22. The number of unbranched alkanes of at least 4 members (excludes halogenated alkanes) is 6. The van der Waals surface area contributed by atoms with Gasteiger partial charge in [-0.15, -0.1) is 0 Å². The van der Waals surface area contributed by atoms with Crippen molar-refractivity contribution in [3.8, 4) is 0 Å². The average molecular weight is 399 g/mol. The Kier molecular flexibility index (Phi) is 6.67. The normalized spacial score (nSPS) is 13.9. The minimum atomic E-state index is -0.127. The smallest absolute Gasteiger partial charge is 0.261 e. The van der Waals surface area contributed by atoms with E-state index in [4.69, 9.17) is 0 Å². The van der Waals surface area contributed by atoms with Gasteiger partial charge in [-0.3, -0.25) is 14.5 Å². The third kappa shape index (κ3) is 4.28. The lowest BCUT2D eigenvalue weighted by Crippen LogP contribution is -2.30. The summed E-state index contributed by atoms with van der Waals surface area (Å²) >= 11 is 2.42. The highest BCUT2D eigenvalue weighted by atomic mass is 127. The fraction of sp³-hybridized carbons (Fsp3) is 0.529. The number of rotatable bonds is 9. The summed E-state index contributed by atoms with van der Waals surface area (Å²) in [5.74, 6) is -0.254. The number of carbonyl (C=O) groups excluding carboxylic acids is 2. The van der Waals surface area contributed by atoms with E-state index < -0.39 is 0 Å². The molecule has 0 N–H and O–H groups in total. The number of benzene rings is 1. The molecule has 0 fully saturated rings. The number of alkyl halides is 1. The van der Waals surface area contributed by atoms with Crippen LogP contribution in [0.3, 0.4) is 0 Å². The lowest BCUT2D eigenvalue weighted by atomic mass is 10.1. The number of carbonyl (C=O) groups is 2. The first kappa shape index (κ1) is 16.5. The first-order valence-corrected chi connectivity index (χ1v) is 9.29. The zero-order valence-electron chi connectivity index (χ0n) is 12.3. The SMILES string of the molecule is O=C1c2ccccc2C(=O)N1CCCCCCCCCI. The van der Waals surface area contributed by atoms with Crippen LogP contribution in [-0.4, -0.2) is 27.7 Å². The maximum atomic E-state index is 12.1. The molecule has 114 valence electrons. The predicted octanol–water partition coefficient (Wildman–Crippen LogP) is 4.45. The zero-order chi connectivity index (χ0) is 15.1. The van der Waals surface area contributed by atoms with Crippen LogP contribution in [-0.2, 0) is 0 Å². The number of hydrogen-bond acceptors (Lipinski definition) is 2. The molecule has 0 saturated heterocycles. The molecule has 0 unspecified atom stereocenters. The van der Waals surface area contributed by atoms with E-state index >= 15 is 0 Å². The van der Waals surface area contributed by atoms with Gasteiger partial charge in [-0.25, -0.2) is 0 Å². The largest absolute Gasteiger partial charge is 0.274 e. The monoisotopic (exact) mass is 399 g/mol. The maximum Gasteiger partial charge on any atom is 0.261 e. The number of nitrogens with zero attached hydrogens (tertiary/aromatic N) is 1. The van der Waals surface area contributed by atoms with Crippen LogP contribution in [0, 0.1) is 0 Å². The Morgan fingerprint density at radius 1 is 0.762 bits per heavy atom. The fourth-order valence-corrected chi connectivity index (χ4v) is 3.23. The van der Waals surface area contributed by atoms with E-state index in [1.807, 2.05) is 12.1 Å². The van der Waals surface area contributed by atoms with Gasteiger partial charge in [-0.1, -0.05) is 66.8 Å². The Labute approximate surface area is 140 Å². The first-order valence-electron chi connectivity index (χ1n) is 7.77. The molecule has 3 nitrogen and oxygen atoms in total. The van der Waals surface area contributed by atoms with Gasteiger partial charge in [-0.05, 0) is 29.4 Å². The first-order chi connectivity index (χ1) is 10.3. The van der Waals surface area contributed by atoms with Gasteiger partial charge in [0.15, 0.2) is 0 Å². The molecule has 0 atom stereocenters. The number of halogens is 1. The molecule has 0 radical (unpaired) electrons. The van der Waals surface area contributed by atoms with Crippen molar-refractivity contribution in [2.24, 2.45) is 0 Å². The topological polar surface area (TPSA) is 37.4 Å². The highest BCUT2D eigenvalue weighted by Gasteiger charge is 2.34. The maximum absolute atomic E-state index is 12.1. The minimum absolute atomic E-state index is 0.127. The Hall–Kier alpha value is -0.910. The molecular formula is C17H22INO2. The van der Waals surface area contributed by atoms with Crippen molar-refractivity contribution in [2.45, 2.75) is 44.9 Å². The second-order valence-corrected chi connectivity index (χ2v) is 6.55. The van der Waals surface area contributed by atoms with Crippen LogP contribution in [0.25, 0.3) is 0 Å². The number of imide groups is 1. The highest BCUT2D eigenvalue weighted by molar-refractivity contribution is 14.1. The summed E-state index contributed by atoms with van der Waals surface area (Å²) in [5.41, 5.74) is 1.11. The second-order valence-electron chi connectivity index (χ2n) is 5.47. The molecule has 4 heteroatoms. The van der Waals surface area contributed by atoms with Gasteiger partial charge in [0.05, 0.1) is 11.1 Å². The molecule has 0 spiro atoms. The van der Waals surface area contributed by atoms with Crippen molar-refractivity contribution in [3.63, 3.8) is 0 Å². The quantitative estimate of drug-likeness (QED) is 0.266. The van der Waals surface area contributed by atoms with Gasteiger partial charge in [0.25, 0.3) is 11.8 Å². The Morgan fingerprint density at radius 2 is 1.24 bits per heavy atom. The number of hydrogen-bond donors (Lipinski definition) is 0. The molecular weight excluding hydrogens is 377 g/mol. The molecule has 2 amide bonds. The molecule has 2 rings (SSSR count). The van der Waals surface area contributed by atoms with Gasteiger partial charge in [0.1, 0.15) is 0 Å². The van der Waals surface area contributed by atoms with Gasteiger partial charge < -0.3 is 0 Å². The lowest BCUT2D eigenvalue weighted by Gasteiger charge is -2.13. The van der Waals surface area contributed by atoms with E-state index in [2.05, 4.69) is 22.6 Å². The molecule has 1 aromatic rings. The van der Waals surface area contributed by atoms with E-state index in [0.29, 0.717) is 17.7 Å². The summed E-state index contributed by atoms with van der Waals surface area (Å²) in [5, 5.41) is 0. The Balaban J connectivity index is 1.69.